The highest BCUT2D eigenvalue weighted by Crippen LogP contribution is 2.19. The van der Waals surface area contributed by atoms with Crippen molar-refractivity contribution in [1.82, 2.24) is 10.2 Å². The van der Waals surface area contributed by atoms with Crippen LogP contribution in [-0.4, -0.2) is 16.1 Å². The minimum absolute atomic E-state index is 0.0375. The van der Waals surface area contributed by atoms with E-state index in [-0.39, 0.29) is 5.91 Å². The van der Waals surface area contributed by atoms with Gasteiger partial charge in [0, 0.05) is 18.3 Å². The van der Waals surface area contributed by atoms with Crippen LogP contribution >= 0.6 is 11.3 Å². The maximum Gasteiger partial charge on any atom is 0.224 e. The Hall–Kier alpha value is -2.40. The van der Waals surface area contributed by atoms with Crippen molar-refractivity contribution in [3.63, 3.8) is 0 Å². The van der Waals surface area contributed by atoms with Gasteiger partial charge in [0.05, 0.1) is 5.69 Å². The van der Waals surface area contributed by atoms with E-state index in [1.165, 1.54) is 5.56 Å². The number of nitrogens with zero attached hydrogens (tertiary/aromatic N) is 1. The summed E-state index contributed by atoms with van der Waals surface area (Å²) < 4.78 is 0. The predicted molar refractivity (Wildman–Crippen MR) is 85.3 cm³/mol. The van der Waals surface area contributed by atoms with E-state index in [1.54, 1.807) is 17.5 Å². The van der Waals surface area contributed by atoms with Crippen LogP contribution in [-0.2, 0) is 11.2 Å². The van der Waals surface area contributed by atoms with Crippen LogP contribution in [0, 0.1) is 0 Å². The van der Waals surface area contributed by atoms with E-state index >= 15 is 0 Å². The monoisotopic (exact) mass is 297 g/mol. The van der Waals surface area contributed by atoms with Gasteiger partial charge in [-0.05, 0) is 52.6 Å². The van der Waals surface area contributed by atoms with E-state index in [2.05, 4.69) is 27.0 Å². The summed E-state index contributed by atoms with van der Waals surface area (Å²) in [6, 6.07) is 11.7. The summed E-state index contributed by atoms with van der Waals surface area (Å²) >= 11 is 1.66. The van der Waals surface area contributed by atoms with Crippen LogP contribution in [0.5, 0.6) is 0 Å². The van der Waals surface area contributed by atoms with Gasteiger partial charge in [-0.1, -0.05) is 12.1 Å². The molecule has 5 heteroatoms. The topological polar surface area (TPSA) is 57.8 Å². The number of aromatic nitrogens is 2. The van der Waals surface area contributed by atoms with Crippen molar-refractivity contribution in [2.24, 2.45) is 0 Å². The quantitative estimate of drug-likeness (QED) is 0.754. The molecule has 1 aromatic carbocycles. The van der Waals surface area contributed by atoms with Crippen molar-refractivity contribution < 1.29 is 4.79 Å². The third kappa shape index (κ3) is 3.58. The molecular formula is C16H15N3OS. The van der Waals surface area contributed by atoms with Crippen molar-refractivity contribution in [3.8, 4) is 11.3 Å². The second kappa shape index (κ2) is 6.37. The normalized spacial score (nSPS) is 10.5. The molecule has 0 atom stereocenters. The van der Waals surface area contributed by atoms with Gasteiger partial charge in [-0.3, -0.25) is 9.89 Å². The Bertz CT molecular complexity index is 688. The lowest BCUT2D eigenvalue weighted by molar-refractivity contribution is -0.116. The van der Waals surface area contributed by atoms with Gasteiger partial charge in [-0.15, -0.1) is 0 Å². The SMILES string of the molecule is O=C(CCc1ccsc1)Nc1ccc(-c2ccn[nH]2)cc1. The molecule has 0 aliphatic rings. The smallest absolute Gasteiger partial charge is 0.224 e. The maximum absolute atomic E-state index is 11.9. The van der Waals surface area contributed by atoms with Gasteiger partial charge in [0.25, 0.3) is 0 Å². The number of carbonyl (C=O) groups is 1. The summed E-state index contributed by atoms with van der Waals surface area (Å²) in [6.07, 6.45) is 3.00. The van der Waals surface area contributed by atoms with Crippen LogP contribution in [0.1, 0.15) is 12.0 Å². The molecule has 2 heterocycles. The van der Waals surface area contributed by atoms with Crippen molar-refractivity contribution in [2.45, 2.75) is 12.8 Å². The van der Waals surface area contributed by atoms with Crippen LogP contribution in [0.4, 0.5) is 5.69 Å². The standard InChI is InChI=1S/C16H15N3OS/c20-16(6-1-12-8-10-21-11-12)18-14-4-2-13(3-5-14)15-7-9-17-19-15/h2-5,7-11H,1,6H2,(H,17,19)(H,18,20). The molecule has 0 spiro atoms. The number of H-pyrrole nitrogens is 1. The number of aryl methyl sites for hydroxylation is 1. The highest BCUT2D eigenvalue weighted by atomic mass is 32.1. The van der Waals surface area contributed by atoms with Crippen LogP contribution in [0.2, 0.25) is 0 Å². The van der Waals surface area contributed by atoms with Crippen LogP contribution < -0.4 is 5.32 Å². The Kier molecular flexibility index (Phi) is 4.12. The fraction of sp³-hybridized carbons (Fsp3) is 0.125. The third-order valence-corrected chi connectivity index (χ3v) is 3.93. The Balaban J connectivity index is 1.56. The molecule has 3 rings (SSSR count). The highest BCUT2D eigenvalue weighted by molar-refractivity contribution is 7.07. The van der Waals surface area contributed by atoms with Crippen molar-refractivity contribution in [2.75, 3.05) is 5.32 Å². The molecular weight excluding hydrogens is 282 g/mol. The number of benzene rings is 1. The zero-order chi connectivity index (χ0) is 14.5. The molecule has 0 radical (unpaired) electrons. The number of hydrogen-bond donors (Lipinski definition) is 2. The average Bonchev–Trinajstić information content (AvgIpc) is 3.19. The molecule has 21 heavy (non-hydrogen) atoms. The maximum atomic E-state index is 11.9. The molecule has 0 aliphatic carbocycles. The summed E-state index contributed by atoms with van der Waals surface area (Å²) in [5.41, 5.74) is 4.03. The number of aromatic amines is 1. The minimum Gasteiger partial charge on any atom is -0.326 e. The first-order valence-corrected chi connectivity index (χ1v) is 7.66. The van der Waals surface area contributed by atoms with Crippen LogP contribution in [0.3, 0.4) is 0 Å². The molecule has 2 N–H and O–H groups in total. The Morgan fingerprint density at radius 2 is 2.05 bits per heavy atom. The summed E-state index contributed by atoms with van der Waals surface area (Å²) in [5.74, 6) is 0.0375. The van der Waals surface area contributed by atoms with Gasteiger partial charge in [-0.25, -0.2) is 0 Å². The van der Waals surface area contributed by atoms with E-state index in [9.17, 15) is 4.79 Å². The van der Waals surface area contributed by atoms with E-state index in [1.807, 2.05) is 35.7 Å². The van der Waals surface area contributed by atoms with Gasteiger partial charge in [0.2, 0.25) is 5.91 Å². The van der Waals surface area contributed by atoms with Gasteiger partial charge >= 0.3 is 0 Å². The highest BCUT2D eigenvalue weighted by Gasteiger charge is 2.04. The zero-order valence-electron chi connectivity index (χ0n) is 11.4. The number of carbonyl (C=O) groups excluding carboxylic acids is 1. The summed E-state index contributed by atoms with van der Waals surface area (Å²) in [4.78, 5) is 11.9. The van der Waals surface area contributed by atoms with E-state index < -0.39 is 0 Å². The predicted octanol–water partition coefficient (Wildman–Crippen LogP) is 3.71. The van der Waals surface area contributed by atoms with Crippen molar-refractivity contribution >= 4 is 22.9 Å². The molecule has 106 valence electrons. The molecule has 0 unspecified atom stereocenters. The van der Waals surface area contributed by atoms with Gasteiger partial charge in [0.1, 0.15) is 0 Å². The summed E-state index contributed by atoms with van der Waals surface area (Å²) in [6.45, 7) is 0. The number of amides is 1. The molecule has 0 aliphatic heterocycles. The molecule has 1 amide bonds. The fourth-order valence-electron chi connectivity index (χ4n) is 2.07. The first-order valence-electron chi connectivity index (χ1n) is 6.72. The molecule has 4 nitrogen and oxygen atoms in total. The Morgan fingerprint density at radius 3 is 2.71 bits per heavy atom. The van der Waals surface area contributed by atoms with Gasteiger partial charge < -0.3 is 5.32 Å². The number of rotatable bonds is 5. The molecule has 0 saturated heterocycles. The number of thiophene rings is 1. The van der Waals surface area contributed by atoms with Gasteiger partial charge in [0.15, 0.2) is 0 Å². The minimum atomic E-state index is 0.0375. The molecule has 0 bridgehead atoms. The van der Waals surface area contributed by atoms with E-state index in [0.717, 1.165) is 23.4 Å². The van der Waals surface area contributed by atoms with Crippen LogP contribution in [0.25, 0.3) is 11.3 Å². The average molecular weight is 297 g/mol. The second-order valence-corrected chi connectivity index (χ2v) is 5.51. The lowest BCUT2D eigenvalue weighted by atomic mass is 10.1. The number of nitrogens with one attached hydrogen (secondary N) is 2. The molecule has 2 aromatic heterocycles. The lowest BCUT2D eigenvalue weighted by Crippen LogP contribution is -2.12. The molecule has 3 aromatic rings. The summed E-state index contributed by atoms with van der Waals surface area (Å²) in [5, 5.41) is 13.9. The Labute approximate surface area is 126 Å². The van der Waals surface area contributed by atoms with Gasteiger partial charge in [-0.2, -0.15) is 16.4 Å². The number of anilines is 1. The van der Waals surface area contributed by atoms with Crippen LogP contribution in [0.15, 0.2) is 53.4 Å². The van der Waals surface area contributed by atoms with E-state index in [0.29, 0.717) is 6.42 Å². The first-order chi connectivity index (χ1) is 10.3. The summed E-state index contributed by atoms with van der Waals surface area (Å²) in [7, 11) is 0. The molecule has 0 saturated carbocycles. The first kappa shape index (κ1) is 13.6. The number of hydrogen-bond acceptors (Lipinski definition) is 3. The second-order valence-electron chi connectivity index (χ2n) is 4.73. The van der Waals surface area contributed by atoms with E-state index in [4.69, 9.17) is 0 Å². The fourth-order valence-corrected chi connectivity index (χ4v) is 2.77. The lowest BCUT2D eigenvalue weighted by Gasteiger charge is -2.05. The van der Waals surface area contributed by atoms with Crippen molar-refractivity contribution in [3.05, 3.63) is 58.9 Å². The Morgan fingerprint density at radius 1 is 1.19 bits per heavy atom. The molecule has 0 fully saturated rings. The largest absolute Gasteiger partial charge is 0.326 e. The zero-order valence-corrected chi connectivity index (χ0v) is 12.2. The van der Waals surface area contributed by atoms with Crippen molar-refractivity contribution in [1.29, 1.82) is 0 Å². The third-order valence-electron chi connectivity index (χ3n) is 3.20.